The molecule has 25 heavy (non-hydrogen) atoms. The first-order valence-corrected chi connectivity index (χ1v) is 8.31. The molecule has 0 saturated heterocycles. The summed E-state index contributed by atoms with van der Waals surface area (Å²) in [4.78, 5) is 26.8. The van der Waals surface area contributed by atoms with Crippen LogP contribution in [0.4, 0.5) is 0 Å². The Balaban J connectivity index is 1.92. The van der Waals surface area contributed by atoms with Crippen LogP contribution in [0.1, 0.15) is 16.1 Å². The van der Waals surface area contributed by atoms with Gasteiger partial charge in [-0.3, -0.25) is 9.59 Å². The van der Waals surface area contributed by atoms with Gasteiger partial charge in [-0.05, 0) is 35.9 Å². The van der Waals surface area contributed by atoms with Crippen molar-refractivity contribution in [1.82, 2.24) is 4.98 Å². The van der Waals surface area contributed by atoms with Crippen LogP contribution in [0.5, 0.6) is 5.75 Å². The van der Waals surface area contributed by atoms with Gasteiger partial charge in [0.05, 0.1) is 15.5 Å². The van der Waals surface area contributed by atoms with Crippen LogP contribution in [0.2, 0.25) is 0 Å². The molecule has 0 unspecified atom stereocenters. The highest BCUT2D eigenvalue weighted by Gasteiger charge is 2.05. The summed E-state index contributed by atoms with van der Waals surface area (Å²) >= 11 is 1.20. The number of benzene rings is 1. The molecule has 0 radical (unpaired) electrons. The maximum absolute atomic E-state index is 12.1. The van der Waals surface area contributed by atoms with Gasteiger partial charge >= 0.3 is 0 Å². The smallest absolute Gasteiger partial charge is 0.266 e. The molecule has 1 N–H and O–H groups in total. The Labute approximate surface area is 147 Å². The van der Waals surface area contributed by atoms with E-state index in [9.17, 15) is 9.59 Å². The SMILES string of the molecule is C=CCOc1cccc(/C=c2\s/c(=C\C(=O)c3ccco3)[nH]c2=O)c1. The largest absolute Gasteiger partial charge is 0.490 e. The average molecular weight is 353 g/mol. The third kappa shape index (κ3) is 4.24. The molecular weight excluding hydrogens is 338 g/mol. The molecule has 0 saturated carbocycles. The van der Waals surface area contributed by atoms with E-state index in [1.807, 2.05) is 24.3 Å². The summed E-state index contributed by atoms with van der Waals surface area (Å²) in [7, 11) is 0. The monoisotopic (exact) mass is 353 g/mol. The van der Waals surface area contributed by atoms with E-state index in [0.29, 0.717) is 21.6 Å². The Kier molecular flexibility index (Phi) is 5.11. The molecule has 0 bridgehead atoms. The molecule has 3 rings (SSSR count). The van der Waals surface area contributed by atoms with Crippen LogP contribution in [0.25, 0.3) is 12.2 Å². The summed E-state index contributed by atoms with van der Waals surface area (Å²) < 4.78 is 11.5. The first kappa shape index (κ1) is 16.7. The van der Waals surface area contributed by atoms with E-state index in [1.165, 1.54) is 23.7 Å². The predicted octanol–water partition coefficient (Wildman–Crippen LogP) is 2.09. The molecule has 3 aromatic rings. The van der Waals surface area contributed by atoms with Gasteiger partial charge < -0.3 is 14.1 Å². The summed E-state index contributed by atoms with van der Waals surface area (Å²) in [6.45, 7) is 4.02. The number of furan rings is 1. The maximum Gasteiger partial charge on any atom is 0.266 e. The third-order valence-electron chi connectivity index (χ3n) is 3.23. The first-order valence-electron chi connectivity index (χ1n) is 7.50. The zero-order valence-corrected chi connectivity index (χ0v) is 14.0. The zero-order valence-electron chi connectivity index (χ0n) is 13.2. The van der Waals surface area contributed by atoms with Crippen molar-refractivity contribution < 1.29 is 13.9 Å². The normalized spacial score (nSPS) is 12.3. The van der Waals surface area contributed by atoms with Gasteiger partial charge in [-0.1, -0.05) is 24.8 Å². The molecule has 5 nitrogen and oxygen atoms in total. The van der Waals surface area contributed by atoms with Gasteiger partial charge in [0.1, 0.15) is 12.4 Å². The number of thiazole rings is 1. The van der Waals surface area contributed by atoms with Gasteiger partial charge in [0.2, 0.25) is 5.78 Å². The Morgan fingerprint density at radius 3 is 2.96 bits per heavy atom. The van der Waals surface area contributed by atoms with E-state index in [0.717, 1.165) is 5.56 Å². The third-order valence-corrected chi connectivity index (χ3v) is 4.19. The zero-order chi connectivity index (χ0) is 17.6. The van der Waals surface area contributed by atoms with Crippen LogP contribution in [0, 0.1) is 0 Å². The standard InChI is InChI=1S/C19H15NO4S/c1-2-8-23-14-6-3-5-13(10-14)11-17-19(22)20-18(25-17)12-15(21)16-7-4-9-24-16/h2-7,9-12H,1,8H2,(H,20,22)/b17-11-,18-12-. The number of Topliss-reactive ketones (excluding diaryl/α,β-unsaturated/α-hetero) is 1. The number of hydrogen-bond acceptors (Lipinski definition) is 5. The fourth-order valence-electron chi connectivity index (χ4n) is 2.13. The van der Waals surface area contributed by atoms with Crippen molar-refractivity contribution in [3.63, 3.8) is 0 Å². The lowest BCUT2D eigenvalue weighted by Gasteiger charge is -2.03. The number of ether oxygens (including phenoxy) is 1. The molecule has 0 aliphatic heterocycles. The Morgan fingerprint density at radius 1 is 1.32 bits per heavy atom. The number of aromatic amines is 1. The summed E-state index contributed by atoms with van der Waals surface area (Å²) in [6, 6.07) is 10.6. The van der Waals surface area contributed by atoms with Gasteiger partial charge in [0, 0.05) is 6.08 Å². The number of carbonyl (C=O) groups excluding carboxylic acids is 1. The molecule has 0 amide bonds. The van der Waals surface area contributed by atoms with Crippen LogP contribution < -0.4 is 19.5 Å². The van der Waals surface area contributed by atoms with Crippen molar-refractivity contribution in [3.8, 4) is 5.75 Å². The van der Waals surface area contributed by atoms with Crippen LogP contribution in [0.15, 0.2) is 64.5 Å². The van der Waals surface area contributed by atoms with E-state index >= 15 is 0 Å². The Hall–Kier alpha value is -3.12. The fourth-order valence-corrected chi connectivity index (χ4v) is 3.02. The van der Waals surface area contributed by atoms with Gasteiger partial charge in [-0.25, -0.2) is 0 Å². The number of ketones is 1. The van der Waals surface area contributed by atoms with E-state index in [1.54, 1.807) is 24.3 Å². The second-order valence-corrected chi connectivity index (χ2v) is 6.17. The quantitative estimate of drug-likeness (QED) is 0.544. The Bertz CT molecular complexity index is 1060. The van der Waals surface area contributed by atoms with Gasteiger partial charge in [0.25, 0.3) is 5.56 Å². The van der Waals surface area contributed by atoms with Crippen molar-refractivity contribution in [2.24, 2.45) is 0 Å². The minimum atomic E-state index is -0.297. The summed E-state index contributed by atoms with van der Waals surface area (Å²) in [5.74, 6) is 0.627. The minimum absolute atomic E-state index is 0.229. The second-order valence-electron chi connectivity index (χ2n) is 5.09. The van der Waals surface area contributed by atoms with Crippen LogP contribution in [-0.4, -0.2) is 17.4 Å². The van der Waals surface area contributed by atoms with Crippen LogP contribution >= 0.6 is 11.3 Å². The van der Waals surface area contributed by atoms with Crippen molar-refractivity contribution in [1.29, 1.82) is 0 Å². The topological polar surface area (TPSA) is 72.3 Å². The maximum atomic E-state index is 12.1. The van der Waals surface area contributed by atoms with Gasteiger partial charge in [-0.2, -0.15) is 0 Å². The highest BCUT2D eigenvalue weighted by Crippen LogP contribution is 2.13. The highest BCUT2D eigenvalue weighted by atomic mass is 32.1. The lowest BCUT2D eigenvalue weighted by Crippen LogP contribution is -2.20. The molecule has 0 aliphatic rings. The van der Waals surface area contributed by atoms with Crippen LogP contribution in [0.3, 0.4) is 0 Å². The number of carbonyl (C=O) groups is 1. The highest BCUT2D eigenvalue weighted by molar-refractivity contribution is 7.07. The number of hydrogen-bond donors (Lipinski definition) is 1. The number of H-pyrrole nitrogens is 1. The average Bonchev–Trinajstić information content (AvgIpc) is 3.24. The van der Waals surface area contributed by atoms with Crippen molar-refractivity contribution in [3.05, 3.63) is 86.2 Å². The molecule has 0 atom stereocenters. The lowest BCUT2D eigenvalue weighted by atomic mass is 10.2. The van der Waals surface area contributed by atoms with Crippen molar-refractivity contribution in [2.45, 2.75) is 0 Å². The molecular formula is C19H15NO4S. The minimum Gasteiger partial charge on any atom is -0.490 e. The lowest BCUT2D eigenvalue weighted by molar-refractivity contribution is 0.103. The predicted molar refractivity (Wildman–Crippen MR) is 97.4 cm³/mol. The first-order chi connectivity index (χ1) is 12.2. The fraction of sp³-hybridized carbons (Fsp3) is 0.0526. The molecule has 126 valence electrons. The summed E-state index contributed by atoms with van der Waals surface area (Å²) in [5.41, 5.74) is 0.582. The van der Waals surface area contributed by atoms with E-state index in [-0.39, 0.29) is 17.1 Å². The second kappa shape index (κ2) is 7.63. The molecule has 0 fully saturated rings. The van der Waals surface area contributed by atoms with Gasteiger partial charge in [-0.15, -0.1) is 11.3 Å². The summed E-state index contributed by atoms with van der Waals surface area (Å²) in [6.07, 6.45) is 6.20. The number of rotatable bonds is 6. The van der Waals surface area contributed by atoms with E-state index < -0.39 is 0 Å². The molecule has 6 heteroatoms. The summed E-state index contributed by atoms with van der Waals surface area (Å²) in [5, 5.41) is 0. The molecule has 2 heterocycles. The van der Waals surface area contributed by atoms with Crippen LogP contribution in [-0.2, 0) is 0 Å². The molecule has 2 aromatic heterocycles. The van der Waals surface area contributed by atoms with E-state index in [4.69, 9.17) is 9.15 Å². The Morgan fingerprint density at radius 2 is 2.20 bits per heavy atom. The van der Waals surface area contributed by atoms with Crippen molar-refractivity contribution >= 4 is 29.3 Å². The molecule has 1 aromatic carbocycles. The molecule has 0 aliphatic carbocycles. The van der Waals surface area contributed by atoms with E-state index in [2.05, 4.69) is 11.6 Å². The number of nitrogens with one attached hydrogen (secondary N) is 1. The van der Waals surface area contributed by atoms with Crippen molar-refractivity contribution in [2.75, 3.05) is 6.61 Å². The molecule has 0 spiro atoms. The van der Waals surface area contributed by atoms with Gasteiger partial charge in [0.15, 0.2) is 5.76 Å². The number of aromatic nitrogens is 1.